The molecule has 1 N–H and O–H groups in total. The van der Waals surface area contributed by atoms with Crippen molar-refractivity contribution in [2.45, 2.75) is 32.8 Å². The van der Waals surface area contributed by atoms with Crippen LogP contribution in [0.15, 0.2) is 24.3 Å². The minimum Gasteiger partial charge on any atom is -0.406 e. The number of amides is 1. The number of halogens is 6. The maximum Gasteiger partial charge on any atom is 0.573 e. The van der Waals surface area contributed by atoms with Crippen LogP contribution in [0.25, 0.3) is 5.78 Å². The van der Waals surface area contributed by atoms with Gasteiger partial charge in [-0.15, -0.1) is 18.3 Å². The van der Waals surface area contributed by atoms with Gasteiger partial charge in [0, 0.05) is 22.6 Å². The lowest BCUT2D eigenvalue weighted by atomic mass is 10.1. The van der Waals surface area contributed by atoms with Crippen LogP contribution in [0.3, 0.4) is 0 Å². The van der Waals surface area contributed by atoms with E-state index in [1.54, 1.807) is 0 Å². The molecule has 2 heterocycles. The van der Waals surface area contributed by atoms with Crippen LogP contribution in [0.2, 0.25) is 0 Å². The van der Waals surface area contributed by atoms with Gasteiger partial charge in [-0.2, -0.15) is 18.2 Å². The van der Waals surface area contributed by atoms with Gasteiger partial charge in [0.25, 0.3) is 11.6 Å². The fraction of sp³-hybridized carbons (Fsp3) is 0.294. The van der Waals surface area contributed by atoms with E-state index in [1.165, 1.54) is 26.0 Å². The number of carbonyl (C=O) groups is 1. The predicted molar refractivity (Wildman–Crippen MR) is 90.7 cm³/mol. The molecule has 0 radical (unpaired) electrons. The van der Waals surface area contributed by atoms with Crippen molar-refractivity contribution in [1.82, 2.24) is 19.6 Å². The molecule has 0 atom stereocenters. The van der Waals surface area contributed by atoms with Crippen LogP contribution >= 0.6 is 0 Å². The van der Waals surface area contributed by atoms with Crippen molar-refractivity contribution in [1.29, 1.82) is 0 Å². The number of hydrogen-bond donors (Lipinski definition) is 1. The highest BCUT2D eigenvalue weighted by molar-refractivity contribution is 5.92. The van der Waals surface area contributed by atoms with Gasteiger partial charge < -0.3 is 10.1 Å². The summed E-state index contributed by atoms with van der Waals surface area (Å²) in [6.07, 6.45) is -9.82. The summed E-state index contributed by atoms with van der Waals surface area (Å²) in [5.41, 5.74) is 1.10. The minimum atomic E-state index is -4.83. The van der Waals surface area contributed by atoms with E-state index in [2.05, 4.69) is 25.1 Å². The van der Waals surface area contributed by atoms with Gasteiger partial charge in [0.1, 0.15) is 5.75 Å². The SMILES string of the molecule is Cc1nc2nc(C(F)(F)F)nn2c(C)c1CC(=O)Nc1ccc(OC(F)(F)F)cc1. The highest BCUT2D eigenvalue weighted by Gasteiger charge is 2.37. The van der Waals surface area contributed by atoms with Crippen LogP contribution in [0.4, 0.5) is 32.0 Å². The van der Waals surface area contributed by atoms with Crippen molar-refractivity contribution in [2.75, 3.05) is 5.32 Å². The molecule has 3 aromatic rings. The molecular formula is C17H13F6N5O2. The van der Waals surface area contributed by atoms with Crippen LogP contribution in [-0.4, -0.2) is 31.9 Å². The van der Waals surface area contributed by atoms with Gasteiger partial charge >= 0.3 is 12.5 Å². The van der Waals surface area contributed by atoms with Crippen molar-refractivity contribution < 1.29 is 35.9 Å². The second-order valence-corrected chi connectivity index (χ2v) is 6.20. The molecule has 0 aliphatic rings. The zero-order valence-corrected chi connectivity index (χ0v) is 15.4. The number of fused-ring (bicyclic) bond motifs is 1. The molecule has 30 heavy (non-hydrogen) atoms. The van der Waals surface area contributed by atoms with Gasteiger partial charge in [-0.25, -0.2) is 9.50 Å². The Labute approximate surface area is 164 Å². The van der Waals surface area contributed by atoms with E-state index in [0.717, 1.165) is 16.6 Å². The Kier molecular flexibility index (Phi) is 5.31. The Balaban J connectivity index is 1.78. The number of ether oxygens (including phenoxy) is 1. The van der Waals surface area contributed by atoms with Crippen molar-refractivity contribution in [3.63, 3.8) is 0 Å². The third-order valence-electron chi connectivity index (χ3n) is 4.01. The van der Waals surface area contributed by atoms with E-state index in [4.69, 9.17) is 0 Å². The molecule has 0 aliphatic carbocycles. The van der Waals surface area contributed by atoms with E-state index in [0.29, 0.717) is 11.3 Å². The van der Waals surface area contributed by atoms with E-state index in [1.807, 2.05) is 0 Å². The van der Waals surface area contributed by atoms with Crippen molar-refractivity contribution in [3.8, 4) is 5.75 Å². The summed E-state index contributed by atoms with van der Waals surface area (Å²) in [7, 11) is 0. The maximum absolute atomic E-state index is 12.8. The number of benzene rings is 1. The van der Waals surface area contributed by atoms with Gasteiger partial charge in [0.15, 0.2) is 0 Å². The average molecular weight is 433 g/mol. The zero-order valence-electron chi connectivity index (χ0n) is 15.4. The van der Waals surface area contributed by atoms with Crippen molar-refractivity contribution in [2.24, 2.45) is 0 Å². The van der Waals surface area contributed by atoms with E-state index < -0.39 is 30.0 Å². The summed E-state index contributed by atoms with van der Waals surface area (Å²) in [5.74, 6) is -2.60. The monoisotopic (exact) mass is 433 g/mol. The number of aromatic nitrogens is 4. The fourth-order valence-corrected chi connectivity index (χ4v) is 2.69. The average Bonchev–Trinajstić information content (AvgIpc) is 3.03. The second-order valence-electron chi connectivity index (χ2n) is 6.20. The number of hydrogen-bond acceptors (Lipinski definition) is 5. The predicted octanol–water partition coefficient (Wildman–Crippen LogP) is 3.84. The minimum absolute atomic E-state index is 0.207. The number of carbonyl (C=O) groups excluding carboxylic acids is 1. The molecule has 0 saturated carbocycles. The third kappa shape index (κ3) is 4.78. The second kappa shape index (κ2) is 7.46. The first-order valence-electron chi connectivity index (χ1n) is 8.29. The maximum atomic E-state index is 12.8. The molecule has 2 aromatic heterocycles. The molecule has 1 aromatic carbocycles. The Morgan fingerprint density at radius 2 is 1.70 bits per heavy atom. The van der Waals surface area contributed by atoms with Crippen LogP contribution in [0, 0.1) is 13.8 Å². The Morgan fingerprint density at radius 1 is 1.07 bits per heavy atom. The first-order chi connectivity index (χ1) is 13.8. The van der Waals surface area contributed by atoms with Crippen molar-refractivity contribution >= 4 is 17.4 Å². The van der Waals surface area contributed by atoms with Crippen LogP contribution in [-0.2, 0) is 17.4 Å². The van der Waals surface area contributed by atoms with E-state index in [-0.39, 0.29) is 23.6 Å². The van der Waals surface area contributed by atoms with Crippen LogP contribution in [0.1, 0.15) is 22.8 Å². The molecule has 0 saturated heterocycles. The third-order valence-corrected chi connectivity index (χ3v) is 4.01. The fourth-order valence-electron chi connectivity index (χ4n) is 2.69. The quantitative estimate of drug-likeness (QED) is 0.633. The van der Waals surface area contributed by atoms with Crippen LogP contribution < -0.4 is 10.1 Å². The number of nitrogens with one attached hydrogen (secondary N) is 1. The normalized spacial score (nSPS) is 12.3. The number of aryl methyl sites for hydroxylation is 2. The summed E-state index contributed by atoms with van der Waals surface area (Å²) in [6.45, 7) is 2.99. The number of alkyl halides is 6. The Morgan fingerprint density at radius 3 is 2.27 bits per heavy atom. The first kappa shape index (κ1) is 21.3. The first-order valence-corrected chi connectivity index (χ1v) is 8.29. The van der Waals surface area contributed by atoms with Gasteiger partial charge in [-0.05, 0) is 38.1 Å². The topological polar surface area (TPSA) is 81.4 Å². The molecule has 1 amide bonds. The lowest BCUT2D eigenvalue weighted by molar-refractivity contribution is -0.274. The summed E-state index contributed by atoms with van der Waals surface area (Å²) in [5, 5.41) is 5.88. The molecule has 0 bridgehead atoms. The Bertz CT molecular complexity index is 1090. The smallest absolute Gasteiger partial charge is 0.406 e. The molecule has 7 nitrogen and oxygen atoms in total. The summed E-state index contributed by atoms with van der Waals surface area (Å²) in [4.78, 5) is 19.6. The summed E-state index contributed by atoms with van der Waals surface area (Å²) in [6, 6.07) is 4.49. The van der Waals surface area contributed by atoms with E-state index in [9.17, 15) is 31.1 Å². The molecule has 160 valence electrons. The summed E-state index contributed by atoms with van der Waals surface area (Å²) >= 11 is 0. The standard InChI is InChI=1S/C17H13F6N5O2/c1-8-12(9(2)28-15(24-8)26-14(27-28)16(18,19)20)7-13(29)25-10-3-5-11(6-4-10)30-17(21,22)23/h3-6H,7H2,1-2H3,(H,25,29). The van der Waals surface area contributed by atoms with Gasteiger partial charge in [-0.3, -0.25) is 4.79 Å². The Hall–Kier alpha value is -3.38. The molecule has 3 rings (SSSR count). The van der Waals surface area contributed by atoms with Gasteiger partial charge in [0.2, 0.25) is 5.91 Å². The molecule has 0 fully saturated rings. The molecule has 0 unspecified atom stereocenters. The van der Waals surface area contributed by atoms with E-state index >= 15 is 0 Å². The van der Waals surface area contributed by atoms with Gasteiger partial charge in [0.05, 0.1) is 6.42 Å². The highest BCUT2D eigenvalue weighted by Crippen LogP contribution is 2.27. The largest absolute Gasteiger partial charge is 0.573 e. The lowest BCUT2D eigenvalue weighted by Crippen LogP contribution is -2.18. The number of nitrogens with zero attached hydrogens (tertiary/aromatic N) is 4. The van der Waals surface area contributed by atoms with Crippen LogP contribution in [0.5, 0.6) is 5.75 Å². The highest BCUT2D eigenvalue weighted by atomic mass is 19.4. The van der Waals surface area contributed by atoms with Gasteiger partial charge in [-0.1, -0.05) is 0 Å². The molecular weight excluding hydrogens is 420 g/mol. The van der Waals surface area contributed by atoms with Crippen molar-refractivity contribution in [3.05, 3.63) is 47.0 Å². The molecule has 13 heteroatoms. The zero-order chi connectivity index (χ0) is 22.3. The summed E-state index contributed by atoms with van der Waals surface area (Å²) < 4.78 is 79.7. The molecule has 0 aliphatic heterocycles. The molecule has 0 spiro atoms. The number of rotatable bonds is 4. The lowest BCUT2D eigenvalue weighted by Gasteiger charge is -2.12. The number of anilines is 1.